The minimum atomic E-state index is -0.415. The molecule has 6 heteroatoms. The lowest BCUT2D eigenvalue weighted by Gasteiger charge is -2.14. The predicted octanol–water partition coefficient (Wildman–Crippen LogP) is 4.36. The van der Waals surface area contributed by atoms with Gasteiger partial charge in [-0.05, 0) is 36.8 Å². The van der Waals surface area contributed by atoms with Crippen molar-refractivity contribution in [3.8, 4) is 11.3 Å². The van der Waals surface area contributed by atoms with E-state index in [1.807, 2.05) is 19.1 Å². The standard InChI is InChI=1S/C18H15ClFN3O/c1-11(12-6-8-13(19)9-7-12)22-18(24)15-10-21-23-17(15)14-4-2-3-5-16(14)20/h2-11H,1H3,(H,21,23)(H,22,24). The molecule has 24 heavy (non-hydrogen) atoms. The average molecular weight is 344 g/mol. The molecule has 3 rings (SSSR count). The van der Waals surface area contributed by atoms with Crippen LogP contribution in [0.2, 0.25) is 5.02 Å². The van der Waals surface area contributed by atoms with Crippen molar-refractivity contribution >= 4 is 17.5 Å². The number of rotatable bonds is 4. The van der Waals surface area contributed by atoms with Crippen LogP contribution in [-0.4, -0.2) is 16.1 Å². The summed E-state index contributed by atoms with van der Waals surface area (Å²) in [5.74, 6) is -0.744. The lowest BCUT2D eigenvalue weighted by Crippen LogP contribution is -2.26. The number of benzene rings is 2. The van der Waals surface area contributed by atoms with Gasteiger partial charge in [0.1, 0.15) is 5.82 Å². The van der Waals surface area contributed by atoms with Gasteiger partial charge in [-0.1, -0.05) is 35.9 Å². The fourth-order valence-electron chi connectivity index (χ4n) is 2.44. The van der Waals surface area contributed by atoms with Crippen molar-refractivity contribution in [3.05, 3.63) is 76.7 Å². The first-order chi connectivity index (χ1) is 11.6. The lowest BCUT2D eigenvalue weighted by molar-refractivity contribution is 0.0940. The molecule has 1 amide bonds. The van der Waals surface area contributed by atoms with E-state index in [-0.39, 0.29) is 11.9 Å². The Hall–Kier alpha value is -2.66. The normalized spacial score (nSPS) is 12.0. The van der Waals surface area contributed by atoms with Gasteiger partial charge >= 0.3 is 0 Å². The Morgan fingerprint density at radius 2 is 1.92 bits per heavy atom. The predicted molar refractivity (Wildman–Crippen MR) is 91.3 cm³/mol. The molecular weight excluding hydrogens is 329 g/mol. The maximum absolute atomic E-state index is 14.0. The molecule has 3 aromatic rings. The number of aromatic amines is 1. The smallest absolute Gasteiger partial charge is 0.255 e. The molecule has 0 aliphatic heterocycles. The van der Waals surface area contributed by atoms with Crippen LogP contribution in [0.15, 0.2) is 54.7 Å². The molecule has 1 atom stereocenters. The summed E-state index contributed by atoms with van der Waals surface area (Å²) in [5.41, 5.74) is 1.87. The van der Waals surface area contributed by atoms with E-state index in [0.717, 1.165) is 5.56 Å². The van der Waals surface area contributed by atoms with Gasteiger partial charge in [0.15, 0.2) is 0 Å². The molecule has 0 aliphatic carbocycles. The van der Waals surface area contributed by atoms with E-state index in [1.165, 1.54) is 12.3 Å². The Balaban J connectivity index is 1.83. The van der Waals surface area contributed by atoms with Crippen molar-refractivity contribution in [2.45, 2.75) is 13.0 Å². The zero-order chi connectivity index (χ0) is 17.1. The largest absolute Gasteiger partial charge is 0.345 e. The van der Waals surface area contributed by atoms with Crippen molar-refractivity contribution in [2.24, 2.45) is 0 Å². The first-order valence-electron chi connectivity index (χ1n) is 7.41. The van der Waals surface area contributed by atoms with E-state index in [1.54, 1.807) is 30.3 Å². The SMILES string of the molecule is CC(NC(=O)c1cn[nH]c1-c1ccccc1F)c1ccc(Cl)cc1. The maximum Gasteiger partial charge on any atom is 0.255 e. The fraction of sp³-hybridized carbons (Fsp3) is 0.111. The molecule has 1 unspecified atom stereocenters. The molecule has 0 saturated heterocycles. The number of carbonyl (C=O) groups is 1. The van der Waals surface area contributed by atoms with Gasteiger partial charge in [0.25, 0.3) is 5.91 Å². The van der Waals surface area contributed by atoms with Gasteiger partial charge in [0.2, 0.25) is 0 Å². The highest BCUT2D eigenvalue weighted by atomic mass is 35.5. The summed E-state index contributed by atoms with van der Waals surface area (Å²) in [6, 6.07) is 13.2. The first-order valence-corrected chi connectivity index (χ1v) is 7.78. The molecule has 0 radical (unpaired) electrons. The molecule has 122 valence electrons. The number of H-pyrrole nitrogens is 1. The molecule has 1 aromatic heterocycles. The molecule has 0 bridgehead atoms. The topological polar surface area (TPSA) is 57.8 Å². The second-order valence-electron chi connectivity index (χ2n) is 5.39. The molecule has 0 spiro atoms. The highest BCUT2D eigenvalue weighted by Gasteiger charge is 2.19. The minimum Gasteiger partial charge on any atom is -0.345 e. The van der Waals surface area contributed by atoms with Gasteiger partial charge in [0, 0.05) is 10.6 Å². The average Bonchev–Trinajstić information content (AvgIpc) is 3.05. The van der Waals surface area contributed by atoms with Crippen molar-refractivity contribution < 1.29 is 9.18 Å². The number of halogens is 2. The van der Waals surface area contributed by atoms with Gasteiger partial charge in [0.05, 0.1) is 23.5 Å². The van der Waals surface area contributed by atoms with Crippen LogP contribution in [-0.2, 0) is 0 Å². The van der Waals surface area contributed by atoms with E-state index in [2.05, 4.69) is 15.5 Å². The summed E-state index contributed by atoms with van der Waals surface area (Å²) in [6.07, 6.45) is 1.39. The number of aromatic nitrogens is 2. The summed E-state index contributed by atoms with van der Waals surface area (Å²) in [7, 11) is 0. The van der Waals surface area contributed by atoms with Crippen LogP contribution in [0, 0.1) is 5.82 Å². The van der Waals surface area contributed by atoms with Crippen molar-refractivity contribution in [1.82, 2.24) is 15.5 Å². The zero-order valence-electron chi connectivity index (χ0n) is 12.9. The number of nitrogens with one attached hydrogen (secondary N) is 2. The lowest BCUT2D eigenvalue weighted by atomic mass is 10.1. The Morgan fingerprint density at radius 1 is 1.21 bits per heavy atom. The van der Waals surface area contributed by atoms with E-state index in [9.17, 15) is 9.18 Å². The fourth-order valence-corrected chi connectivity index (χ4v) is 2.56. The van der Waals surface area contributed by atoms with E-state index in [4.69, 9.17) is 11.6 Å². The Morgan fingerprint density at radius 3 is 2.62 bits per heavy atom. The molecule has 0 aliphatic rings. The van der Waals surface area contributed by atoms with Crippen molar-refractivity contribution in [3.63, 3.8) is 0 Å². The Labute approximate surface area is 143 Å². The number of nitrogens with zero attached hydrogens (tertiary/aromatic N) is 1. The van der Waals surface area contributed by atoms with Crippen LogP contribution in [0.25, 0.3) is 11.3 Å². The highest BCUT2D eigenvalue weighted by Crippen LogP contribution is 2.24. The van der Waals surface area contributed by atoms with Crippen molar-refractivity contribution in [2.75, 3.05) is 0 Å². The number of hydrogen-bond donors (Lipinski definition) is 2. The zero-order valence-corrected chi connectivity index (χ0v) is 13.6. The third kappa shape index (κ3) is 3.31. The van der Waals surface area contributed by atoms with Gasteiger partial charge < -0.3 is 5.32 Å². The van der Waals surface area contributed by atoms with Crippen LogP contribution >= 0.6 is 11.6 Å². The van der Waals surface area contributed by atoms with E-state index >= 15 is 0 Å². The summed E-state index contributed by atoms with van der Waals surface area (Å²) < 4.78 is 14.0. The maximum atomic E-state index is 14.0. The summed E-state index contributed by atoms with van der Waals surface area (Å²) in [4.78, 5) is 12.5. The molecule has 2 N–H and O–H groups in total. The second-order valence-corrected chi connectivity index (χ2v) is 5.82. The van der Waals surface area contributed by atoms with E-state index in [0.29, 0.717) is 21.8 Å². The number of carbonyl (C=O) groups excluding carboxylic acids is 1. The van der Waals surface area contributed by atoms with Crippen LogP contribution < -0.4 is 5.32 Å². The molecule has 4 nitrogen and oxygen atoms in total. The first kappa shape index (κ1) is 16.2. The molecule has 0 saturated carbocycles. The third-order valence-corrected chi connectivity index (χ3v) is 4.00. The molecule has 0 fully saturated rings. The second kappa shape index (κ2) is 6.84. The molecule has 1 heterocycles. The number of amides is 1. The van der Waals surface area contributed by atoms with Crippen LogP contribution in [0.4, 0.5) is 4.39 Å². The van der Waals surface area contributed by atoms with Gasteiger partial charge in [-0.15, -0.1) is 0 Å². The van der Waals surface area contributed by atoms with Gasteiger partial charge in [-0.25, -0.2) is 4.39 Å². The van der Waals surface area contributed by atoms with Crippen LogP contribution in [0.1, 0.15) is 28.9 Å². The highest BCUT2D eigenvalue weighted by molar-refractivity contribution is 6.30. The molecular formula is C18H15ClFN3O. The quantitative estimate of drug-likeness (QED) is 0.739. The van der Waals surface area contributed by atoms with Gasteiger partial charge in [-0.3, -0.25) is 9.89 Å². The summed E-state index contributed by atoms with van der Waals surface area (Å²) >= 11 is 5.87. The Bertz CT molecular complexity index is 861. The van der Waals surface area contributed by atoms with Gasteiger partial charge in [-0.2, -0.15) is 5.10 Å². The van der Waals surface area contributed by atoms with Crippen LogP contribution in [0.5, 0.6) is 0 Å². The monoisotopic (exact) mass is 343 g/mol. The van der Waals surface area contributed by atoms with E-state index < -0.39 is 5.82 Å². The third-order valence-electron chi connectivity index (χ3n) is 3.74. The minimum absolute atomic E-state index is 0.224. The summed E-state index contributed by atoms with van der Waals surface area (Å²) in [5, 5.41) is 10.1. The Kier molecular flexibility index (Phi) is 4.62. The summed E-state index contributed by atoms with van der Waals surface area (Å²) in [6.45, 7) is 1.87. The van der Waals surface area contributed by atoms with Crippen molar-refractivity contribution in [1.29, 1.82) is 0 Å². The number of hydrogen-bond acceptors (Lipinski definition) is 2. The van der Waals surface area contributed by atoms with Crippen LogP contribution in [0.3, 0.4) is 0 Å². The molecule has 2 aromatic carbocycles.